The van der Waals surface area contributed by atoms with Gasteiger partial charge in [-0.15, -0.1) is 0 Å². The number of amides is 2. The van der Waals surface area contributed by atoms with Gasteiger partial charge in [0.05, 0.1) is 7.11 Å². The Balaban J connectivity index is 1.97. The largest absolute Gasteiger partial charge is 0.469 e. The number of carbonyl (C=O) groups is 2. The molecular formula is C13H24N2O3. The quantitative estimate of drug-likeness (QED) is 0.564. The first-order valence-electron chi connectivity index (χ1n) is 6.83. The van der Waals surface area contributed by atoms with Crippen molar-refractivity contribution < 1.29 is 14.3 Å². The maximum atomic E-state index is 11.6. The number of hydrogen-bond acceptors (Lipinski definition) is 3. The van der Waals surface area contributed by atoms with E-state index >= 15 is 0 Å². The van der Waals surface area contributed by atoms with E-state index in [1.807, 2.05) is 0 Å². The highest BCUT2D eigenvalue weighted by atomic mass is 16.5. The van der Waals surface area contributed by atoms with Gasteiger partial charge in [-0.05, 0) is 25.7 Å². The molecule has 1 rings (SSSR count). The van der Waals surface area contributed by atoms with Crippen LogP contribution in [0.3, 0.4) is 0 Å². The van der Waals surface area contributed by atoms with Crippen molar-refractivity contribution in [1.82, 2.24) is 10.6 Å². The molecule has 0 spiro atoms. The number of esters is 1. The van der Waals surface area contributed by atoms with Gasteiger partial charge in [0.2, 0.25) is 0 Å². The van der Waals surface area contributed by atoms with Crippen molar-refractivity contribution >= 4 is 12.0 Å². The molecule has 0 heterocycles. The van der Waals surface area contributed by atoms with Crippen molar-refractivity contribution in [1.29, 1.82) is 0 Å². The number of nitrogens with one attached hydrogen (secondary N) is 2. The van der Waals surface area contributed by atoms with Gasteiger partial charge in [-0.3, -0.25) is 4.79 Å². The first-order chi connectivity index (χ1) is 8.72. The third-order valence-electron chi connectivity index (χ3n) is 3.26. The Labute approximate surface area is 109 Å². The van der Waals surface area contributed by atoms with Gasteiger partial charge in [-0.25, -0.2) is 4.79 Å². The molecule has 0 aliphatic heterocycles. The molecule has 0 unspecified atom stereocenters. The molecular weight excluding hydrogens is 232 g/mol. The zero-order valence-electron chi connectivity index (χ0n) is 11.2. The predicted molar refractivity (Wildman–Crippen MR) is 69.3 cm³/mol. The van der Waals surface area contributed by atoms with E-state index in [4.69, 9.17) is 0 Å². The predicted octanol–water partition coefficient (Wildman–Crippen LogP) is 1.96. The highest BCUT2D eigenvalue weighted by Gasteiger charge is 2.14. The highest BCUT2D eigenvalue weighted by molar-refractivity contribution is 5.74. The molecule has 1 saturated carbocycles. The molecule has 0 bridgehead atoms. The summed E-state index contributed by atoms with van der Waals surface area (Å²) in [6, 6.07) is 0.258. The van der Waals surface area contributed by atoms with Crippen LogP contribution in [0.1, 0.15) is 51.4 Å². The summed E-state index contributed by atoms with van der Waals surface area (Å²) in [5.74, 6) is -0.193. The maximum Gasteiger partial charge on any atom is 0.315 e. The summed E-state index contributed by atoms with van der Waals surface area (Å²) in [5, 5.41) is 5.81. The van der Waals surface area contributed by atoms with E-state index in [-0.39, 0.29) is 12.0 Å². The van der Waals surface area contributed by atoms with Gasteiger partial charge in [-0.2, -0.15) is 0 Å². The molecule has 104 valence electrons. The normalized spacial score (nSPS) is 16.1. The Kier molecular flexibility index (Phi) is 7.22. The molecule has 0 saturated heterocycles. The summed E-state index contributed by atoms with van der Waals surface area (Å²) in [4.78, 5) is 22.4. The van der Waals surface area contributed by atoms with E-state index < -0.39 is 0 Å². The molecule has 0 aromatic heterocycles. The van der Waals surface area contributed by atoms with Gasteiger partial charge < -0.3 is 15.4 Å². The molecule has 0 aromatic carbocycles. The van der Waals surface area contributed by atoms with Crippen LogP contribution in [-0.4, -0.2) is 31.7 Å². The second kappa shape index (κ2) is 8.78. The Hall–Kier alpha value is -1.26. The minimum atomic E-state index is -0.193. The molecule has 5 nitrogen and oxygen atoms in total. The average molecular weight is 256 g/mol. The third-order valence-corrected chi connectivity index (χ3v) is 3.26. The highest BCUT2D eigenvalue weighted by Crippen LogP contribution is 2.17. The van der Waals surface area contributed by atoms with Crippen molar-refractivity contribution in [3.05, 3.63) is 0 Å². The second-order valence-corrected chi connectivity index (χ2v) is 4.77. The number of unbranched alkanes of at least 4 members (excludes halogenated alkanes) is 1. The Morgan fingerprint density at radius 2 is 1.89 bits per heavy atom. The van der Waals surface area contributed by atoms with Gasteiger partial charge in [0.1, 0.15) is 0 Å². The summed E-state index contributed by atoms with van der Waals surface area (Å²) in [6.07, 6.45) is 7.86. The van der Waals surface area contributed by atoms with E-state index in [1.165, 1.54) is 26.4 Å². The summed E-state index contributed by atoms with van der Waals surface area (Å²) in [5.41, 5.74) is 0. The topological polar surface area (TPSA) is 67.4 Å². The molecule has 2 amide bonds. The molecule has 0 atom stereocenters. The van der Waals surface area contributed by atoms with Crippen molar-refractivity contribution in [2.45, 2.75) is 57.4 Å². The molecule has 0 radical (unpaired) electrons. The lowest BCUT2D eigenvalue weighted by Gasteiger charge is -2.22. The minimum absolute atomic E-state index is 0.0834. The fraction of sp³-hybridized carbons (Fsp3) is 0.846. The monoisotopic (exact) mass is 256 g/mol. The van der Waals surface area contributed by atoms with Crippen molar-refractivity contribution in [3.8, 4) is 0 Å². The number of carbonyl (C=O) groups excluding carboxylic acids is 2. The summed E-state index contributed by atoms with van der Waals surface area (Å²) < 4.78 is 4.54. The van der Waals surface area contributed by atoms with Gasteiger partial charge in [0, 0.05) is 19.0 Å². The van der Waals surface area contributed by atoms with Crippen LogP contribution in [0.4, 0.5) is 4.79 Å². The number of urea groups is 1. The van der Waals surface area contributed by atoms with E-state index in [0.29, 0.717) is 19.0 Å². The van der Waals surface area contributed by atoms with Crippen LogP contribution in [0.15, 0.2) is 0 Å². The zero-order chi connectivity index (χ0) is 13.2. The molecule has 1 aliphatic rings. The lowest BCUT2D eigenvalue weighted by Crippen LogP contribution is -2.43. The van der Waals surface area contributed by atoms with E-state index in [0.717, 1.165) is 25.7 Å². The fourth-order valence-electron chi connectivity index (χ4n) is 2.18. The van der Waals surface area contributed by atoms with Crippen LogP contribution in [0.2, 0.25) is 0 Å². The van der Waals surface area contributed by atoms with Crippen molar-refractivity contribution in [3.63, 3.8) is 0 Å². The Morgan fingerprint density at radius 3 is 2.56 bits per heavy atom. The second-order valence-electron chi connectivity index (χ2n) is 4.77. The van der Waals surface area contributed by atoms with Gasteiger partial charge in [0.25, 0.3) is 0 Å². The fourth-order valence-corrected chi connectivity index (χ4v) is 2.18. The van der Waals surface area contributed by atoms with E-state index in [2.05, 4.69) is 15.4 Å². The number of hydrogen-bond donors (Lipinski definition) is 2. The van der Waals surface area contributed by atoms with Crippen LogP contribution in [0, 0.1) is 0 Å². The third kappa shape index (κ3) is 6.47. The summed E-state index contributed by atoms with van der Waals surface area (Å²) >= 11 is 0. The molecule has 18 heavy (non-hydrogen) atoms. The maximum absolute atomic E-state index is 11.6. The van der Waals surface area contributed by atoms with Crippen LogP contribution in [0.5, 0.6) is 0 Å². The number of methoxy groups -OCH3 is 1. The lowest BCUT2D eigenvalue weighted by atomic mass is 9.96. The van der Waals surface area contributed by atoms with Gasteiger partial charge >= 0.3 is 12.0 Å². The van der Waals surface area contributed by atoms with Gasteiger partial charge in [0.15, 0.2) is 0 Å². The smallest absolute Gasteiger partial charge is 0.315 e. The van der Waals surface area contributed by atoms with Gasteiger partial charge in [-0.1, -0.05) is 19.3 Å². The van der Waals surface area contributed by atoms with Crippen LogP contribution in [-0.2, 0) is 9.53 Å². The van der Waals surface area contributed by atoms with Crippen LogP contribution >= 0.6 is 0 Å². The van der Waals surface area contributed by atoms with Crippen molar-refractivity contribution in [2.24, 2.45) is 0 Å². The van der Waals surface area contributed by atoms with Crippen LogP contribution in [0.25, 0.3) is 0 Å². The zero-order valence-corrected chi connectivity index (χ0v) is 11.2. The van der Waals surface area contributed by atoms with E-state index in [1.54, 1.807) is 0 Å². The Morgan fingerprint density at radius 1 is 1.17 bits per heavy atom. The van der Waals surface area contributed by atoms with E-state index in [9.17, 15) is 9.59 Å². The molecule has 5 heteroatoms. The summed E-state index contributed by atoms with van der Waals surface area (Å²) in [7, 11) is 1.39. The summed E-state index contributed by atoms with van der Waals surface area (Å²) in [6.45, 7) is 0.607. The SMILES string of the molecule is COC(=O)CCCCNC(=O)NC1CCCCC1. The first-order valence-corrected chi connectivity index (χ1v) is 6.83. The number of ether oxygens (including phenoxy) is 1. The number of rotatable bonds is 6. The van der Waals surface area contributed by atoms with Crippen molar-refractivity contribution in [2.75, 3.05) is 13.7 Å². The minimum Gasteiger partial charge on any atom is -0.469 e. The molecule has 1 fully saturated rings. The molecule has 2 N–H and O–H groups in total. The van der Waals surface area contributed by atoms with Crippen LogP contribution < -0.4 is 10.6 Å². The standard InChI is InChI=1S/C13H24N2O3/c1-18-12(16)9-5-6-10-14-13(17)15-11-7-3-2-4-8-11/h11H,2-10H2,1H3,(H2,14,15,17). The lowest BCUT2D eigenvalue weighted by molar-refractivity contribution is -0.140. The Bertz CT molecular complexity index is 263. The average Bonchev–Trinajstić information content (AvgIpc) is 2.39. The first kappa shape index (κ1) is 14.8. The molecule has 1 aliphatic carbocycles. The molecule has 0 aromatic rings.